The van der Waals surface area contributed by atoms with Crippen LogP contribution in [0.25, 0.3) is 0 Å². The Bertz CT molecular complexity index is 2630. The number of amides is 1. The SMILES string of the molecule is COC(=O)c1cnc2c(c1)OCCN(S(=O)(=O)c1ccc(OC)cc1)C2.COC(=O)c1cnc2c(c1)OCCNC2.COc1ccc(S(=O)(=O)N2CCOc3cc(C(=O)NO)cnc3C2)cc1. The average Bonchev–Trinajstić information content (AvgIpc) is 3.84. The Kier molecular flexibility index (Phi) is 16.6. The lowest BCUT2D eigenvalue weighted by molar-refractivity contribution is 0.0591. The maximum absolute atomic E-state index is 12.9. The summed E-state index contributed by atoms with van der Waals surface area (Å²) in [5.74, 6) is 0.815. The Labute approximate surface area is 385 Å². The van der Waals surface area contributed by atoms with Crippen molar-refractivity contribution < 1.29 is 69.6 Å². The number of esters is 2. The van der Waals surface area contributed by atoms with Crippen LogP contribution in [0.2, 0.25) is 0 Å². The molecule has 3 N–H and O–H groups in total. The molecule has 67 heavy (non-hydrogen) atoms. The number of carbonyl (C=O) groups is 3. The number of ether oxygens (including phenoxy) is 7. The molecule has 0 spiro atoms. The molecule has 3 aliphatic heterocycles. The van der Waals surface area contributed by atoms with Crippen LogP contribution in [0, 0.1) is 0 Å². The summed E-state index contributed by atoms with van der Waals surface area (Å²) < 4.78 is 90.0. The number of methoxy groups -OCH3 is 4. The molecular weight excluding hydrogens is 919 g/mol. The average molecular weight is 966 g/mol. The molecule has 3 aromatic heterocycles. The molecule has 2 aromatic carbocycles. The molecule has 356 valence electrons. The molecule has 5 aromatic rings. The number of carbonyl (C=O) groups excluding carboxylic acids is 3. The molecule has 0 saturated carbocycles. The van der Waals surface area contributed by atoms with E-state index in [9.17, 15) is 31.2 Å². The molecule has 1 amide bonds. The number of nitrogens with one attached hydrogen (secondary N) is 2. The largest absolute Gasteiger partial charge is 0.497 e. The molecule has 0 radical (unpaired) electrons. The second-order valence-electron chi connectivity index (χ2n) is 14.2. The normalized spacial score (nSPS) is 14.7. The van der Waals surface area contributed by atoms with Crippen molar-refractivity contribution in [3.8, 4) is 28.7 Å². The predicted molar refractivity (Wildman–Crippen MR) is 234 cm³/mol. The number of hydroxylamine groups is 1. The van der Waals surface area contributed by atoms with E-state index in [1.54, 1.807) is 30.3 Å². The van der Waals surface area contributed by atoms with Crippen LogP contribution >= 0.6 is 0 Å². The molecule has 0 atom stereocenters. The molecule has 0 saturated heterocycles. The summed E-state index contributed by atoms with van der Waals surface area (Å²) in [6.07, 6.45) is 4.09. The number of benzene rings is 2. The number of fused-ring (bicyclic) bond motifs is 3. The maximum Gasteiger partial charge on any atom is 0.339 e. The van der Waals surface area contributed by atoms with Crippen LogP contribution in [0.3, 0.4) is 0 Å². The van der Waals surface area contributed by atoms with Gasteiger partial charge in [0.1, 0.15) is 48.6 Å². The second kappa shape index (κ2) is 22.5. The lowest BCUT2D eigenvalue weighted by Gasteiger charge is -2.19. The van der Waals surface area contributed by atoms with Gasteiger partial charge in [-0.15, -0.1) is 0 Å². The summed E-state index contributed by atoms with van der Waals surface area (Å²) in [5.41, 5.74) is 3.93. The van der Waals surface area contributed by atoms with E-state index < -0.39 is 37.9 Å². The fraction of sp³-hybridized carbons (Fsp3) is 0.302. The van der Waals surface area contributed by atoms with Crippen LogP contribution < -0.4 is 34.5 Å². The quantitative estimate of drug-likeness (QED) is 0.109. The Hall–Kier alpha value is -6.96. The Morgan fingerprint density at radius 1 is 0.612 bits per heavy atom. The Morgan fingerprint density at radius 3 is 1.45 bits per heavy atom. The van der Waals surface area contributed by atoms with E-state index in [1.807, 2.05) is 0 Å². The minimum absolute atomic E-state index is 0.00468. The minimum Gasteiger partial charge on any atom is -0.497 e. The van der Waals surface area contributed by atoms with Gasteiger partial charge in [0.15, 0.2) is 0 Å². The number of hydrogen-bond acceptors (Lipinski definition) is 19. The molecule has 0 fully saturated rings. The van der Waals surface area contributed by atoms with Gasteiger partial charge in [0.2, 0.25) is 20.0 Å². The first-order chi connectivity index (χ1) is 32.2. The summed E-state index contributed by atoms with van der Waals surface area (Å²) >= 11 is 0. The lowest BCUT2D eigenvalue weighted by Crippen LogP contribution is -2.32. The van der Waals surface area contributed by atoms with Gasteiger partial charge in [0, 0.05) is 44.8 Å². The third-order valence-electron chi connectivity index (χ3n) is 10.1. The minimum atomic E-state index is -3.75. The number of pyridine rings is 3. The van der Waals surface area contributed by atoms with Crippen LogP contribution in [0.5, 0.6) is 28.7 Å². The van der Waals surface area contributed by atoms with Crippen LogP contribution in [-0.2, 0) is 49.2 Å². The number of hydrogen-bond donors (Lipinski definition) is 3. The third kappa shape index (κ3) is 12.1. The van der Waals surface area contributed by atoms with Gasteiger partial charge in [-0.3, -0.25) is 25.0 Å². The van der Waals surface area contributed by atoms with E-state index >= 15 is 0 Å². The third-order valence-corrected chi connectivity index (χ3v) is 13.8. The zero-order chi connectivity index (χ0) is 48.1. The summed E-state index contributed by atoms with van der Waals surface area (Å²) in [4.78, 5) is 47.1. The Balaban J connectivity index is 0.000000172. The molecule has 0 aliphatic carbocycles. The van der Waals surface area contributed by atoms with E-state index in [0.29, 0.717) is 58.9 Å². The fourth-order valence-corrected chi connectivity index (χ4v) is 9.23. The number of aromatic nitrogens is 3. The van der Waals surface area contributed by atoms with Crippen molar-refractivity contribution in [1.29, 1.82) is 0 Å². The number of rotatable bonds is 9. The van der Waals surface area contributed by atoms with E-state index in [1.165, 1.54) is 97.5 Å². The van der Waals surface area contributed by atoms with Crippen LogP contribution in [0.1, 0.15) is 48.2 Å². The topological polar surface area (TPSA) is 274 Å². The van der Waals surface area contributed by atoms with Gasteiger partial charge >= 0.3 is 11.9 Å². The van der Waals surface area contributed by atoms with Crippen LogP contribution in [0.4, 0.5) is 0 Å². The van der Waals surface area contributed by atoms with Gasteiger partial charge in [-0.25, -0.2) is 31.9 Å². The van der Waals surface area contributed by atoms with Crippen molar-refractivity contribution in [2.45, 2.75) is 29.4 Å². The fourth-order valence-electron chi connectivity index (χ4n) is 6.46. The highest BCUT2D eigenvalue weighted by molar-refractivity contribution is 7.89. The van der Waals surface area contributed by atoms with Gasteiger partial charge in [-0.2, -0.15) is 8.61 Å². The summed E-state index contributed by atoms with van der Waals surface area (Å²) in [5, 5.41) is 11.9. The lowest BCUT2D eigenvalue weighted by atomic mass is 10.2. The molecule has 8 rings (SSSR count). The first-order valence-corrected chi connectivity index (χ1v) is 23.1. The van der Waals surface area contributed by atoms with Crippen molar-refractivity contribution in [3.63, 3.8) is 0 Å². The smallest absolute Gasteiger partial charge is 0.339 e. The predicted octanol–water partition coefficient (Wildman–Crippen LogP) is 2.60. The zero-order valence-corrected chi connectivity index (χ0v) is 38.3. The molecular formula is C43H47N7O15S2. The van der Waals surface area contributed by atoms with E-state index in [2.05, 4.69) is 29.7 Å². The molecule has 0 unspecified atom stereocenters. The van der Waals surface area contributed by atoms with Crippen molar-refractivity contribution in [3.05, 3.63) is 119 Å². The monoisotopic (exact) mass is 965 g/mol. The van der Waals surface area contributed by atoms with Gasteiger partial charge in [0.05, 0.1) is 85.1 Å². The number of sulfonamides is 2. The number of nitrogens with zero attached hydrogens (tertiary/aromatic N) is 5. The summed E-state index contributed by atoms with van der Waals surface area (Å²) in [7, 11) is -1.83. The summed E-state index contributed by atoms with van der Waals surface area (Å²) in [6, 6.07) is 16.9. The van der Waals surface area contributed by atoms with Gasteiger partial charge in [-0.05, 0) is 66.7 Å². The summed E-state index contributed by atoms with van der Waals surface area (Å²) in [6.45, 7) is 2.63. The zero-order valence-electron chi connectivity index (χ0n) is 36.7. The molecule has 22 nitrogen and oxygen atoms in total. The van der Waals surface area contributed by atoms with Gasteiger partial charge in [-0.1, -0.05) is 0 Å². The first-order valence-electron chi connectivity index (χ1n) is 20.2. The van der Waals surface area contributed by atoms with Crippen LogP contribution in [-0.4, -0.2) is 131 Å². The van der Waals surface area contributed by atoms with E-state index in [0.717, 1.165) is 12.2 Å². The molecule has 0 bridgehead atoms. The highest BCUT2D eigenvalue weighted by Gasteiger charge is 2.30. The second-order valence-corrected chi connectivity index (χ2v) is 18.1. The van der Waals surface area contributed by atoms with Crippen molar-refractivity contribution in [2.24, 2.45) is 0 Å². The first kappa shape index (κ1) is 49.5. The molecule has 6 heterocycles. The van der Waals surface area contributed by atoms with Crippen molar-refractivity contribution >= 4 is 37.9 Å². The molecule has 24 heteroatoms. The van der Waals surface area contributed by atoms with E-state index in [-0.39, 0.29) is 60.3 Å². The Morgan fingerprint density at radius 2 is 1.01 bits per heavy atom. The van der Waals surface area contributed by atoms with Gasteiger partial charge in [0.25, 0.3) is 5.91 Å². The standard InChI is InChI=1S/C17H18N2O6S.C16H17N3O6S.C10H12N2O3/c1-23-13-3-5-14(6-4-13)26(21,22)19-7-8-25-16-9-12(17(20)24-2)10-18-15(16)11-19;1-24-12-2-4-13(5-3-12)26(22,23)19-6-7-25-15-8-11(16(20)18-21)9-17-14(15)10-19;1-14-10(13)7-4-9-8(12-5-7)6-11-2-3-15-9/h3-6,9-10H,7-8,11H2,1-2H3;2-5,8-9,21H,6-7,10H2,1H3,(H,18,20);4-5,11H,2-3,6H2,1H3. The highest BCUT2D eigenvalue weighted by Crippen LogP contribution is 2.29. The van der Waals surface area contributed by atoms with Crippen molar-refractivity contribution in [2.75, 3.05) is 67.9 Å². The van der Waals surface area contributed by atoms with E-state index in [4.69, 9.17) is 28.9 Å². The van der Waals surface area contributed by atoms with Gasteiger partial charge < -0.3 is 38.5 Å². The molecule has 3 aliphatic rings. The van der Waals surface area contributed by atoms with Crippen molar-refractivity contribution in [1.82, 2.24) is 34.4 Å². The highest BCUT2D eigenvalue weighted by atomic mass is 32.2. The van der Waals surface area contributed by atoms with Crippen LogP contribution in [0.15, 0.2) is 95.1 Å². The maximum atomic E-state index is 12.9.